The third-order valence-corrected chi connectivity index (χ3v) is 2.72. The summed E-state index contributed by atoms with van der Waals surface area (Å²) in [5.41, 5.74) is 1.01. The minimum absolute atomic E-state index is 0.0707. The third-order valence-electron chi connectivity index (χ3n) is 2.72. The topological polar surface area (TPSA) is 82.2 Å². The summed E-state index contributed by atoms with van der Waals surface area (Å²) < 4.78 is 7.04. The third kappa shape index (κ3) is 2.87. The zero-order valence-electron chi connectivity index (χ0n) is 11.4. The first kappa shape index (κ1) is 13.9. The number of anilines is 2. The quantitative estimate of drug-likeness (QED) is 0.648. The Hall–Kier alpha value is -2.57. The van der Waals surface area contributed by atoms with Gasteiger partial charge in [0.1, 0.15) is 5.69 Å². The molecule has 1 heterocycles. The highest BCUT2D eigenvalue weighted by Crippen LogP contribution is 2.36. The van der Waals surface area contributed by atoms with E-state index in [0.717, 1.165) is 6.54 Å². The molecule has 1 aromatic carbocycles. The van der Waals surface area contributed by atoms with Crippen LogP contribution in [-0.4, -0.2) is 21.3 Å². The summed E-state index contributed by atoms with van der Waals surface area (Å²) >= 11 is 0. The van der Waals surface area contributed by atoms with Crippen LogP contribution >= 0.6 is 0 Å². The number of aromatic nitrogens is 2. The fourth-order valence-electron chi connectivity index (χ4n) is 1.84. The van der Waals surface area contributed by atoms with Crippen molar-refractivity contribution in [2.45, 2.75) is 20.4 Å². The van der Waals surface area contributed by atoms with E-state index in [-0.39, 0.29) is 11.4 Å². The van der Waals surface area contributed by atoms with E-state index >= 15 is 0 Å². The Labute approximate surface area is 116 Å². The standard InChI is InChI=1S/C13H16N4O3/c1-3-16-9-10(8-14-16)15-11-6-5-7-12(20-4-2)13(11)17(18)19/h5-9,15H,3-4H2,1-2H3. The van der Waals surface area contributed by atoms with E-state index in [0.29, 0.717) is 18.0 Å². The Morgan fingerprint density at radius 2 is 2.25 bits per heavy atom. The van der Waals surface area contributed by atoms with E-state index in [1.165, 1.54) is 0 Å². The van der Waals surface area contributed by atoms with Crippen molar-refractivity contribution in [3.8, 4) is 5.75 Å². The van der Waals surface area contributed by atoms with Gasteiger partial charge >= 0.3 is 5.69 Å². The van der Waals surface area contributed by atoms with Crippen LogP contribution in [0.2, 0.25) is 0 Å². The van der Waals surface area contributed by atoms with Gasteiger partial charge in [-0.25, -0.2) is 0 Å². The van der Waals surface area contributed by atoms with Crippen molar-refractivity contribution in [3.63, 3.8) is 0 Å². The highest BCUT2D eigenvalue weighted by atomic mass is 16.6. The fourth-order valence-corrected chi connectivity index (χ4v) is 1.84. The van der Waals surface area contributed by atoms with E-state index < -0.39 is 4.92 Å². The summed E-state index contributed by atoms with van der Waals surface area (Å²) in [5, 5.41) is 18.4. The Morgan fingerprint density at radius 1 is 1.45 bits per heavy atom. The molecule has 0 aliphatic rings. The Kier molecular flexibility index (Phi) is 4.19. The van der Waals surface area contributed by atoms with Gasteiger partial charge in [-0.3, -0.25) is 14.8 Å². The van der Waals surface area contributed by atoms with Crippen LogP contribution in [0.3, 0.4) is 0 Å². The van der Waals surface area contributed by atoms with Gasteiger partial charge in [-0.05, 0) is 26.0 Å². The van der Waals surface area contributed by atoms with Crippen molar-refractivity contribution >= 4 is 17.1 Å². The van der Waals surface area contributed by atoms with Gasteiger partial charge in [0.05, 0.1) is 23.4 Å². The van der Waals surface area contributed by atoms with Crippen LogP contribution in [0, 0.1) is 10.1 Å². The van der Waals surface area contributed by atoms with Gasteiger partial charge in [0.15, 0.2) is 5.75 Å². The molecule has 0 aliphatic heterocycles. The Morgan fingerprint density at radius 3 is 2.85 bits per heavy atom. The first-order chi connectivity index (χ1) is 9.65. The maximum atomic E-state index is 11.2. The highest BCUT2D eigenvalue weighted by molar-refractivity contribution is 5.73. The van der Waals surface area contributed by atoms with Crippen LogP contribution < -0.4 is 10.1 Å². The number of rotatable bonds is 6. The molecule has 1 aromatic heterocycles. The summed E-state index contributed by atoms with van der Waals surface area (Å²) in [6, 6.07) is 4.94. The molecule has 0 unspecified atom stereocenters. The van der Waals surface area contributed by atoms with E-state index in [9.17, 15) is 10.1 Å². The molecule has 0 radical (unpaired) electrons. The second-order valence-electron chi connectivity index (χ2n) is 4.05. The van der Waals surface area contributed by atoms with Crippen LogP contribution in [0.5, 0.6) is 5.75 Å². The Bertz CT molecular complexity index is 609. The minimum atomic E-state index is -0.447. The molecule has 0 amide bonds. The molecule has 0 atom stereocenters. The molecule has 7 nitrogen and oxygen atoms in total. The molecule has 0 aliphatic carbocycles. The number of hydrogen-bond donors (Lipinski definition) is 1. The second kappa shape index (κ2) is 6.05. The number of benzene rings is 1. The molecular formula is C13H16N4O3. The molecule has 2 aromatic rings. The lowest BCUT2D eigenvalue weighted by Gasteiger charge is -2.09. The lowest BCUT2D eigenvalue weighted by atomic mass is 10.2. The molecule has 20 heavy (non-hydrogen) atoms. The summed E-state index contributed by atoms with van der Waals surface area (Å²) in [4.78, 5) is 10.8. The molecular weight excluding hydrogens is 260 g/mol. The number of nitrogens with one attached hydrogen (secondary N) is 1. The minimum Gasteiger partial charge on any atom is -0.487 e. The van der Waals surface area contributed by atoms with Crippen LogP contribution in [0.25, 0.3) is 0 Å². The van der Waals surface area contributed by atoms with Crippen molar-refractivity contribution in [1.82, 2.24) is 9.78 Å². The van der Waals surface area contributed by atoms with E-state index in [1.54, 1.807) is 42.2 Å². The van der Waals surface area contributed by atoms with Gasteiger partial charge in [-0.15, -0.1) is 0 Å². The average Bonchev–Trinajstić information content (AvgIpc) is 2.86. The van der Waals surface area contributed by atoms with Crippen molar-refractivity contribution in [2.24, 2.45) is 0 Å². The predicted molar refractivity (Wildman–Crippen MR) is 75.4 cm³/mol. The molecule has 106 valence electrons. The molecule has 0 saturated heterocycles. The number of nitro groups is 1. The summed E-state index contributed by atoms with van der Waals surface area (Å²) in [7, 11) is 0. The Balaban J connectivity index is 2.35. The van der Waals surface area contributed by atoms with Crippen LogP contribution in [0.15, 0.2) is 30.6 Å². The van der Waals surface area contributed by atoms with Crippen LogP contribution in [0.1, 0.15) is 13.8 Å². The van der Waals surface area contributed by atoms with Gasteiger partial charge in [-0.2, -0.15) is 5.10 Å². The number of nitro benzene ring substituents is 1. The predicted octanol–water partition coefficient (Wildman–Crippen LogP) is 2.95. The van der Waals surface area contributed by atoms with Gasteiger partial charge in [0, 0.05) is 12.7 Å². The first-order valence-electron chi connectivity index (χ1n) is 6.35. The molecule has 2 rings (SSSR count). The van der Waals surface area contributed by atoms with Gasteiger partial charge in [0.2, 0.25) is 0 Å². The van der Waals surface area contributed by atoms with Crippen LogP contribution in [0.4, 0.5) is 17.1 Å². The van der Waals surface area contributed by atoms with E-state index in [1.807, 2.05) is 6.92 Å². The lowest BCUT2D eigenvalue weighted by Crippen LogP contribution is -2.01. The van der Waals surface area contributed by atoms with Crippen molar-refractivity contribution < 1.29 is 9.66 Å². The molecule has 0 bridgehead atoms. The number of nitrogens with zero attached hydrogens (tertiary/aromatic N) is 3. The summed E-state index contributed by atoms with van der Waals surface area (Å²) in [6.45, 7) is 4.87. The van der Waals surface area contributed by atoms with Crippen molar-refractivity contribution in [3.05, 3.63) is 40.7 Å². The summed E-state index contributed by atoms with van der Waals surface area (Å²) in [6.07, 6.45) is 3.41. The largest absolute Gasteiger partial charge is 0.487 e. The number of aryl methyl sites for hydroxylation is 1. The zero-order valence-corrected chi connectivity index (χ0v) is 11.4. The molecule has 0 fully saturated rings. The van der Waals surface area contributed by atoms with Crippen molar-refractivity contribution in [2.75, 3.05) is 11.9 Å². The molecule has 7 heteroatoms. The first-order valence-corrected chi connectivity index (χ1v) is 6.35. The molecule has 0 saturated carbocycles. The van der Waals surface area contributed by atoms with E-state index in [2.05, 4.69) is 10.4 Å². The van der Waals surface area contributed by atoms with Crippen molar-refractivity contribution in [1.29, 1.82) is 0 Å². The lowest BCUT2D eigenvalue weighted by molar-refractivity contribution is -0.384. The zero-order chi connectivity index (χ0) is 14.5. The average molecular weight is 276 g/mol. The maximum Gasteiger partial charge on any atom is 0.334 e. The SMILES string of the molecule is CCOc1cccc(Nc2cnn(CC)c2)c1[N+](=O)[O-]. The van der Waals surface area contributed by atoms with Gasteiger partial charge < -0.3 is 10.1 Å². The number of ether oxygens (including phenoxy) is 1. The maximum absolute atomic E-state index is 11.2. The monoisotopic (exact) mass is 276 g/mol. The fraction of sp³-hybridized carbons (Fsp3) is 0.308. The van der Waals surface area contributed by atoms with Gasteiger partial charge in [-0.1, -0.05) is 6.07 Å². The summed E-state index contributed by atoms with van der Waals surface area (Å²) in [5.74, 6) is 0.255. The number of hydrogen-bond acceptors (Lipinski definition) is 5. The normalized spacial score (nSPS) is 10.3. The van der Waals surface area contributed by atoms with Crippen LogP contribution in [-0.2, 0) is 6.54 Å². The second-order valence-corrected chi connectivity index (χ2v) is 4.05. The number of para-hydroxylation sites is 1. The molecule has 0 spiro atoms. The van der Waals surface area contributed by atoms with E-state index in [4.69, 9.17) is 4.74 Å². The molecule has 1 N–H and O–H groups in total. The van der Waals surface area contributed by atoms with Gasteiger partial charge in [0.25, 0.3) is 0 Å². The smallest absolute Gasteiger partial charge is 0.334 e. The highest BCUT2D eigenvalue weighted by Gasteiger charge is 2.21.